The highest BCUT2D eigenvalue weighted by molar-refractivity contribution is 5.85. The summed E-state index contributed by atoms with van der Waals surface area (Å²) >= 11 is 0. The van der Waals surface area contributed by atoms with Gasteiger partial charge in [-0.25, -0.2) is 0 Å². The van der Waals surface area contributed by atoms with E-state index < -0.39 is 0 Å². The fraction of sp³-hybridized carbons (Fsp3) is 0.857. The summed E-state index contributed by atoms with van der Waals surface area (Å²) in [5.41, 5.74) is 0.993. The average Bonchev–Trinajstić information content (AvgIpc) is 2.14. The Morgan fingerprint density at radius 3 is 2.75 bits per heavy atom. The second kappa shape index (κ2) is 2.29. The van der Waals surface area contributed by atoms with Crippen LogP contribution in [0, 0.1) is 11.3 Å². The maximum Gasteiger partial charge on any atom is 0.0120 e. The molecule has 1 nitrogen and oxygen atoms in total. The first-order chi connectivity index (χ1) is 3.84. The maximum atomic E-state index is 7.41. The van der Waals surface area contributed by atoms with E-state index in [1.165, 1.54) is 19.3 Å². The average molecular weight is 111 g/mol. The van der Waals surface area contributed by atoms with Gasteiger partial charge in [0.2, 0.25) is 0 Å². The minimum atomic E-state index is 0.648. The van der Waals surface area contributed by atoms with Crippen LogP contribution in [-0.2, 0) is 0 Å². The van der Waals surface area contributed by atoms with Crippen molar-refractivity contribution in [1.29, 1.82) is 5.41 Å². The lowest BCUT2D eigenvalue weighted by Crippen LogP contribution is -2.02. The van der Waals surface area contributed by atoms with Gasteiger partial charge < -0.3 is 5.41 Å². The van der Waals surface area contributed by atoms with E-state index in [1.807, 2.05) is 0 Å². The quantitative estimate of drug-likeness (QED) is 0.536. The lowest BCUT2D eigenvalue weighted by molar-refractivity contribution is 0.642. The zero-order valence-corrected chi connectivity index (χ0v) is 5.41. The van der Waals surface area contributed by atoms with Gasteiger partial charge in [0.15, 0.2) is 0 Å². The van der Waals surface area contributed by atoms with E-state index in [4.69, 9.17) is 5.41 Å². The Labute approximate surface area is 50.6 Å². The summed E-state index contributed by atoms with van der Waals surface area (Å²) in [4.78, 5) is 0. The number of hydrogen-bond acceptors (Lipinski definition) is 1. The minimum Gasteiger partial charge on any atom is -0.309 e. The molecular formula is C7H13N. The van der Waals surface area contributed by atoms with Gasteiger partial charge in [0.25, 0.3) is 0 Å². The van der Waals surface area contributed by atoms with Crippen molar-refractivity contribution in [2.45, 2.75) is 32.6 Å². The molecule has 1 aliphatic carbocycles. The molecule has 0 bridgehead atoms. The van der Waals surface area contributed by atoms with Gasteiger partial charge in [-0.3, -0.25) is 0 Å². The van der Waals surface area contributed by atoms with Gasteiger partial charge in [-0.15, -0.1) is 0 Å². The normalized spacial score (nSPS) is 29.1. The molecule has 1 heteroatoms. The summed E-state index contributed by atoms with van der Waals surface area (Å²) in [5.74, 6) is 0.648. The minimum absolute atomic E-state index is 0.648. The Morgan fingerprint density at radius 1 is 1.75 bits per heavy atom. The van der Waals surface area contributed by atoms with E-state index in [-0.39, 0.29) is 0 Å². The summed E-state index contributed by atoms with van der Waals surface area (Å²) in [6.45, 7) is 2.17. The fourth-order valence-corrected chi connectivity index (χ4v) is 1.37. The van der Waals surface area contributed by atoms with Crippen LogP contribution in [0.15, 0.2) is 0 Å². The van der Waals surface area contributed by atoms with Crippen molar-refractivity contribution < 1.29 is 0 Å². The lowest BCUT2D eigenvalue weighted by atomic mass is 10.0. The van der Waals surface area contributed by atoms with Gasteiger partial charge in [-0.2, -0.15) is 0 Å². The molecule has 1 rings (SSSR count). The summed E-state index contributed by atoms with van der Waals surface area (Å²) in [7, 11) is 0. The zero-order chi connectivity index (χ0) is 5.98. The van der Waals surface area contributed by atoms with Crippen LogP contribution in [0.4, 0.5) is 0 Å². The number of hydrogen-bond donors (Lipinski definition) is 1. The molecule has 0 spiro atoms. The highest BCUT2D eigenvalue weighted by atomic mass is 14.5. The highest BCUT2D eigenvalue weighted by Gasteiger charge is 2.17. The molecule has 46 valence electrons. The SMILES string of the molecule is CCC1CCCC1=N. The Morgan fingerprint density at radius 2 is 2.50 bits per heavy atom. The topological polar surface area (TPSA) is 23.9 Å². The molecule has 0 saturated heterocycles. The first-order valence-corrected chi connectivity index (χ1v) is 3.42. The van der Waals surface area contributed by atoms with Crippen molar-refractivity contribution in [2.24, 2.45) is 5.92 Å². The first kappa shape index (κ1) is 5.80. The molecule has 0 aromatic heterocycles. The van der Waals surface area contributed by atoms with Crippen molar-refractivity contribution in [2.75, 3.05) is 0 Å². The van der Waals surface area contributed by atoms with E-state index in [2.05, 4.69) is 6.92 Å². The predicted octanol–water partition coefficient (Wildman–Crippen LogP) is 2.22. The molecule has 0 aliphatic heterocycles. The Balaban J connectivity index is 2.42. The fourth-order valence-electron chi connectivity index (χ4n) is 1.37. The van der Waals surface area contributed by atoms with Gasteiger partial charge in [-0.1, -0.05) is 6.92 Å². The van der Waals surface area contributed by atoms with Crippen molar-refractivity contribution in [3.63, 3.8) is 0 Å². The summed E-state index contributed by atoms with van der Waals surface area (Å²) < 4.78 is 0. The van der Waals surface area contributed by atoms with Crippen LogP contribution in [0.1, 0.15) is 32.6 Å². The zero-order valence-electron chi connectivity index (χ0n) is 5.41. The van der Waals surface area contributed by atoms with Crippen LogP contribution in [0.25, 0.3) is 0 Å². The van der Waals surface area contributed by atoms with Crippen LogP contribution < -0.4 is 0 Å². The molecule has 1 N–H and O–H groups in total. The molecule has 8 heavy (non-hydrogen) atoms. The molecule has 1 unspecified atom stereocenters. The van der Waals surface area contributed by atoms with Gasteiger partial charge in [-0.05, 0) is 31.6 Å². The molecule has 1 saturated carbocycles. The Kier molecular flexibility index (Phi) is 1.66. The van der Waals surface area contributed by atoms with Crippen molar-refractivity contribution >= 4 is 5.71 Å². The lowest BCUT2D eigenvalue weighted by Gasteiger charge is -2.02. The molecule has 0 heterocycles. The third-order valence-electron chi connectivity index (χ3n) is 1.98. The van der Waals surface area contributed by atoms with Crippen LogP contribution in [-0.4, -0.2) is 5.71 Å². The third-order valence-corrected chi connectivity index (χ3v) is 1.98. The molecule has 0 radical (unpaired) electrons. The predicted molar refractivity (Wildman–Crippen MR) is 35.4 cm³/mol. The van der Waals surface area contributed by atoms with E-state index in [0.29, 0.717) is 5.92 Å². The summed E-state index contributed by atoms with van der Waals surface area (Å²) in [6, 6.07) is 0. The number of rotatable bonds is 1. The van der Waals surface area contributed by atoms with Crippen molar-refractivity contribution in [3.8, 4) is 0 Å². The van der Waals surface area contributed by atoms with Crippen LogP contribution in [0.5, 0.6) is 0 Å². The van der Waals surface area contributed by atoms with Crippen LogP contribution >= 0.6 is 0 Å². The second-order valence-electron chi connectivity index (χ2n) is 2.52. The first-order valence-electron chi connectivity index (χ1n) is 3.42. The third kappa shape index (κ3) is 0.908. The molecular weight excluding hydrogens is 98.1 g/mol. The highest BCUT2D eigenvalue weighted by Crippen LogP contribution is 2.23. The van der Waals surface area contributed by atoms with Crippen molar-refractivity contribution in [1.82, 2.24) is 0 Å². The standard InChI is InChI=1S/C7H13N/c1-2-6-4-3-5-7(6)8/h6,8H,2-5H2,1H3. The van der Waals surface area contributed by atoms with Crippen molar-refractivity contribution in [3.05, 3.63) is 0 Å². The van der Waals surface area contributed by atoms with Gasteiger partial charge in [0.1, 0.15) is 0 Å². The summed E-state index contributed by atoms with van der Waals surface area (Å²) in [5, 5.41) is 7.41. The Hall–Kier alpha value is -0.330. The van der Waals surface area contributed by atoms with E-state index in [9.17, 15) is 0 Å². The monoisotopic (exact) mass is 111 g/mol. The smallest absolute Gasteiger partial charge is 0.0120 e. The molecule has 1 atom stereocenters. The van der Waals surface area contributed by atoms with E-state index in [1.54, 1.807) is 0 Å². The van der Waals surface area contributed by atoms with Gasteiger partial charge >= 0.3 is 0 Å². The Bertz CT molecular complexity index is 96.6. The van der Waals surface area contributed by atoms with Gasteiger partial charge in [0.05, 0.1) is 0 Å². The largest absolute Gasteiger partial charge is 0.309 e. The molecule has 1 aliphatic rings. The number of nitrogens with one attached hydrogen (secondary N) is 1. The van der Waals surface area contributed by atoms with Crippen LogP contribution in [0.3, 0.4) is 0 Å². The molecule has 0 aromatic carbocycles. The molecule has 1 fully saturated rings. The second-order valence-corrected chi connectivity index (χ2v) is 2.52. The van der Waals surface area contributed by atoms with Gasteiger partial charge in [0, 0.05) is 5.71 Å². The maximum absolute atomic E-state index is 7.41. The summed E-state index contributed by atoms with van der Waals surface area (Å²) in [6.07, 6.45) is 4.78. The van der Waals surface area contributed by atoms with Crippen LogP contribution in [0.2, 0.25) is 0 Å². The van der Waals surface area contributed by atoms with E-state index in [0.717, 1.165) is 12.1 Å². The molecule has 0 amide bonds. The van der Waals surface area contributed by atoms with E-state index >= 15 is 0 Å². The molecule has 0 aromatic rings.